The lowest BCUT2D eigenvalue weighted by atomic mass is 9.89. The molecule has 1 aromatic rings. The molecule has 19 heavy (non-hydrogen) atoms. The second-order valence-corrected chi connectivity index (χ2v) is 6.94. The molecule has 2 nitrogen and oxygen atoms in total. The average Bonchev–Trinajstić information content (AvgIpc) is 2.42. The molecular formula is C15H20Br2O2. The molecule has 0 spiro atoms. The highest BCUT2D eigenvalue weighted by Crippen LogP contribution is 2.45. The van der Waals surface area contributed by atoms with E-state index in [1.54, 1.807) is 7.11 Å². The van der Waals surface area contributed by atoms with Crippen LogP contribution in [0, 0.1) is 19.8 Å². The van der Waals surface area contributed by atoms with E-state index in [0.29, 0.717) is 10.7 Å². The minimum Gasteiger partial charge on any atom is -0.496 e. The van der Waals surface area contributed by atoms with Gasteiger partial charge in [-0.3, -0.25) is 0 Å². The fourth-order valence-corrected chi connectivity index (χ4v) is 4.36. The van der Waals surface area contributed by atoms with Gasteiger partial charge in [0.2, 0.25) is 0 Å². The van der Waals surface area contributed by atoms with Crippen molar-refractivity contribution in [1.82, 2.24) is 0 Å². The Balaban J connectivity index is 2.41. The zero-order chi connectivity index (χ0) is 14.0. The van der Waals surface area contributed by atoms with Gasteiger partial charge in [0.25, 0.3) is 0 Å². The Morgan fingerprint density at radius 2 is 1.95 bits per heavy atom. The predicted octanol–water partition coefficient (Wildman–Crippen LogP) is 4.94. The van der Waals surface area contributed by atoms with Crippen molar-refractivity contribution in [2.24, 2.45) is 5.92 Å². The number of rotatable bonds is 3. The third kappa shape index (κ3) is 3.17. The fraction of sp³-hybridized carbons (Fsp3) is 0.600. The second kappa shape index (κ2) is 6.59. The topological polar surface area (TPSA) is 18.5 Å². The van der Waals surface area contributed by atoms with Gasteiger partial charge in [0.1, 0.15) is 5.75 Å². The Kier molecular flexibility index (Phi) is 5.32. The summed E-state index contributed by atoms with van der Waals surface area (Å²) in [5.41, 5.74) is 3.71. The van der Waals surface area contributed by atoms with Gasteiger partial charge in [0, 0.05) is 28.1 Å². The van der Waals surface area contributed by atoms with Crippen LogP contribution in [0.5, 0.6) is 5.75 Å². The molecule has 1 aliphatic rings. The molecule has 1 unspecified atom stereocenters. The van der Waals surface area contributed by atoms with Gasteiger partial charge in [-0.05, 0) is 49.8 Å². The monoisotopic (exact) mass is 390 g/mol. The Hall–Kier alpha value is -0.0600. The highest BCUT2D eigenvalue weighted by Gasteiger charge is 2.28. The Bertz CT molecular complexity index is 454. The molecule has 0 aliphatic carbocycles. The molecule has 106 valence electrons. The van der Waals surface area contributed by atoms with Gasteiger partial charge in [-0.1, -0.05) is 31.9 Å². The van der Waals surface area contributed by atoms with Crippen molar-refractivity contribution in [1.29, 1.82) is 0 Å². The normalized spacial score (nSPS) is 18.4. The minimum absolute atomic E-state index is 0.322. The van der Waals surface area contributed by atoms with E-state index in [1.807, 2.05) is 0 Å². The minimum atomic E-state index is 0.322. The molecule has 1 aromatic carbocycles. The summed E-state index contributed by atoms with van der Waals surface area (Å²) >= 11 is 7.55. The van der Waals surface area contributed by atoms with E-state index in [2.05, 4.69) is 51.8 Å². The molecule has 1 aliphatic heterocycles. The SMILES string of the molecule is COc1c(C)cc(Br)c(C)c1C(Br)C1CCOCC1. The van der Waals surface area contributed by atoms with Gasteiger partial charge in [-0.2, -0.15) is 0 Å². The van der Waals surface area contributed by atoms with Crippen LogP contribution in [-0.4, -0.2) is 20.3 Å². The third-order valence-corrected chi connectivity index (χ3v) is 5.90. The first kappa shape index (κ1) is 15.3. The fourth-order valence-electron chi connectivity index (χ4n) is 2.72. The largest absolute Gasteiger partial charge is 0.496 e. The van der Waals surface area contributed by atoms with Gasteiger partial charge in [-0.15, -0.1) is 0 Å². The van der Waals surface area contributed by atoms with E-state index in [1.165, 1.54) is 16.7 Å². The van der Waals surface area contributed by atoms with E-state index in [4.69, 9.17) is 9.47 Å². The molecular weight excluding hydrogens is 372 g/mol. The van der Waals surface area contributed by atoms with Crippen molar-refractivity contribution < 1.29 is 9.47 Å². The number of hydrogen-bond acceptors (Lipinski definition) is 2. The molecule has 0 amide bonds. The van der Waals surface area contributed by atoms with Crippen LogP contribution < -0.4 is 4.74 Å². The highest BCUT2D eigenvalue weighted by atomic mass is 79.9. The lowest BCUT2D eigenvalue weighted by molar-refractivity contribution is 0.0659. The van der Waals surface area contributed by atoms with Crippen LogP contribution in [0.4, 0.5) is 0 Å². The standard InChI is InChI=1S/C15H20Br2O2/c1-9-8-12(16)10(2)13(15(9)18-3)14(17)11-4-6-19-7-5-11/h8,11,14H,4-7H2,1-3H3. The summed E-state index contributed by atoms with van der Waals surface area (Å²) in [6.45, 7) is 5.97. The van der Waals surface area contributed by atoms with Crippen LogP contribution in [-0.2, 0) is 4.74 Å². The van der Waals surface area contributed by atoms with Gasteiger partial charge in [0.15, 0.2) is 0 Å². The lowest BCUT2D eigenvalue weighted by Gasteiger charge is -2.29. The van der Waals surface area contributed by atoms with Gasteiger partial charge in [-0.25, -0.2) is 0 Å². The van der Waals surface area contributed by atoms with E-state index in [9.17, 15) is 0 Å². The van der Waals surface area contributed by atoms with Crippen molar-refractivity contribution in [3.8, 4) is 5.75 Å². The van der Waals surface area contributed by atoms with Crippen LogP contribution in [0.25, 0.3) is 0 Å². The van der Waals surface area contributed by atoms with Crippen molar-refractivity contribution in [3.63, 3.8) is 0 Å². The zero-order valence-electron chi connectivity index (χ0n) is 11.6. The molecule has 0 N–H and O–H groups in total. The first-order chi connectivity index (χ1) is 9.06. The maximum Gasteiger partial charge on any atom is 0.126 e. The first-order valence-corrected chi connectivity index (χ1v) is 8.32. The van der Waals surface area contributed by atoms with Crippen LogP contribution in [0.15, 0.2) is 10.5 Å². The summed E-state index contributed by atoms with van der Waals surface area (Å²) in [6, 6.07) is 2.13. The highest BCUT2D eigenvalue weighted by molar-refractivity contribution is 9.10. The van der Waals surface area contributed by atoms with Crippen LogP contribution in [0.2, 0.25) is 0 Å². The first-order valence-electron chi connectivity index (χ1n) is 6.61. The van der Waals surface area contributed by atoms with E-state index in [0.717, 1.165) is 36.3 Å². The lowest BCUT2D eigenvalue weighted by Crippen LogP contribution is -2.20. The molecule has 0 aromatic heterocycles. The number of ether oxygens (including phenoxy) is 2. The van der Waals surface area contributed by atoms with Gasteiger partial charge < -0.3 is 9.47 Å². The predicted molar refractivity (Wildman–Crippen MR) is 85.4 cm³/mol. The summed E-state index contributed by atoms with van der Waals surface area (Å²) in [6.07, 6.45) is 2.20. The molecule has 1 saturated heterocycles. The molecule has 2 rings (SSSR count). The zero-order valence-corrected chi connectivity index (χ0v) is 14.8. The number of benzene rings is 1. The molecule has 4 heteroatoms. The summed E-state index contributed by atoms with van der Waals surface area (Å²) in [5.74, 6) is 1.61. The van der Waals surface area contributed by atoms with E-state index < -0.39 is 0 Å². The van der Waals surface area contributed by atoms with Crippen LogP contribution in [0.3, 0.4) is 0 Å². The Morgan fingerprint density at radius 3 is 2.53 bits per heavy atom. The molecule has 0 bridgehead atoms. The summed E-state index contributed by atoms with van der Waals surface area (Å²) in [4.78, 5) is 0.322. The molecule has 1 heterocycles. The maximum absolute atomic E-state index is 5.64. The Morgan fingerprint density at radius 1 is 1.32 bits per heavy atom. The molecule has 0 radical (unpaired) electrons. The van der Waals surface area contributed by atoms with Gasteiger partial charge in [0.05, 0.1) is 7.11 Å². The van der Waals surface area contributed by atoms with E-state index in [-0.39, 0.29) is 0 Å². The number of alkyl halides is 1. The smallest absolute Gasteiger partial charge is 0.126 e. The summed E-state index contributed by atoms with van der Waals surface area (Å²) in [7, 11) is 1.75. The summed E-state index contributed by atoms with van der Waals surface area (Å²) < 4.78 is 12.3. The molecule has 1 fully saturated rings. The van der Waals surface area contributed by atoms with E-state index >= 15 is 0 Å². The third-order valence-electron chi connectivity index (χ3n) is 3.87. The van der Waals surface area contributed by atoms with Crippen molar-refractivity contribution in [2.45, 2.75) is 31.5 Å². The second-order valence-electron chi connectivity index (χ2n) is 5.10. The van der Waals surface area contributed by atoms with Crippen LogP contribution in [0.1, 0.15) is 34.4 Å². The summed E-state index contributed by atoms with van der Waals surface area (Å²) in [5, 5.41) is 0. The quantitative estimate of drug-likeness (QED) is 0.679. The number of hydrogen-bond donors (Lipinski definition) is 0. The number of methoxy groups -OCH3 is 1. The van der Waals surface area contributed by atoms with Crippen molar-refractivity contribution in [2.75, 3.05) is 20.3 Å². The number of halogens is 2. The van der Waals surface area contributed by atoms with Crippen molar-refractivity contribution in [3.05, 3.63) is 27.2 Å². The van der Waals surface area contributed by atoms with Crippen LogP contribution >= 0.6 is 31.9 Å². The van der Waals surface area contributed by atoms with Gasteiger partial charge >= 0.3 is 0 Å². The Labute approximate surface area is 132 Å². The molecule has 1 atom stereocenters. The molecule has 0 saturated carbocycles. The number of aryl methyl sites for hydroxylation is 1. The maximum atomic E-state index is 5.64. The van der Waals surface area contributed by atoms with Crippen molar-refractivity contribution >= 4 is 31.9 Å². The average molecular weight is 392 g/mol.